The topological polar surface area (TPSA) is 68.0 Å². The van der Waals surface area contributed by atoms with Crippen molar-refractivity contribution in [3.05, 3.63) is 40.4 Å². The minimum Gasteiger partial charge on any atom is -0.475 e. The van der Waals surface area contributed by atoms with Gasteiger partial charge >= 0.3 is 5.97 Å². The molecule has 0 amide bonds. The van der Waals surface area contributed by atoms with Crippen LogP contribution in [0.15, 0.2) is 18.2 Å². The summed E-state index contributed by atoms with van der Waals surface area (Å²) in [5, 5.41) is 13.7. The number of rotatable bonds is 2. The largest absolute Gasteiger partial charge is 0.475 e. The van der Waals surface area contributed by atoms with Crippen LogP contribution in [0.25, 0.3) is 5.69 Å². The second kappa shape index (κ2) is 4.90. The molecule has 0 atom stereocenters. The molecule has 0 bridgehead atoms. The number of hydrogen-bond donors (Lipinski definition) is 1. The average molecular weight is 294 g/mol. The van der Waals surface area contributed by atoms with Crippen molar-refractivity contribution < 1.29 is 9.90 Å². The second-order valence-corrected chi connectivity index (χ2v) is 6.09. The first-order valence-corrected chi connectivity index (χ1v) is 6.55. The first kappa shape index (κ1) is 14.5. The smallest absolute Gasteiger partial charge is 0.375 e. The van der Waals surface area contributed by atoms with E-state index in [1.807, 2.05) is 39.8 Å². The number of halogens is 1. The van der Waals surface area contributed by atoms with Gasteiger partial charge in [0.05, 0.1) is 10.7 Å². The zero-order chi connectivity index (χ0) is 15.1. The minimum absolute atomic E-state index is 0.229. The molecule has 106 valence electrons. The molecule has 2 aromatic rings. The van der Waals surface area contributed by atoms with Crippen LogP contribution >= 0.6 is 11.6 Å². The fourth-order valence-corrected chi connectivity index (χ4v) is 2.04. The maximum Gasteiger partial charge on any atom is 0.375 e. The van der Waals surface area contributed by atoms with Gasteiger partial charge < -0.3 is 5.11 Å². The van der Waals surface area contributed by atoms with Gasteiger partial charge in [0.1, 0.15) is 5.82 Å². The van der Waals surface area contributed by atoms with Gasteiger partial charge in [-0.2, -0.15) is 0 Å². The Morgan fingerprint density at radius 1 is 1.35 bits per heavy atom. The maximum absolute atomic E-state index is 11.1. The van der Waals surface area contributed by atoms with Crippen LogP contribution in [0.2, 0.25) is 5.02 Å². The normalized spacial score (nSPS) is 11.7. The summed E-state index contributed by atoms with van der Waals surface area (Å²) in [6, 6.07) is 5.51. The van der Waals surface area contributed by atoms with Crippen molar-refractivity contribution in [2.45, 2.75) is 33.1 Å². The molecular formula is C14H16ClN3O2. The Hall–Kier alpha value is -1.88. The average Bonchev–Trinajstić information content (AvgIpc) is 2.77. The Balaban J connectivity index is 2.72. The lowest BCUT2D eigenvalue weighted by Crippen LogP contribution is -2.19. The standard InChI is InChI=1S/C14H16ClN3O2/c1-8-5-6-9(15)10(7-8)18-13(14(2,3)4)16-11(17-18)12(19)20/h5-7H,1-4H3,(H,19,20). The van der Waals surface area contributed by atoms with E-state index in [1.165, 1.54) is 4.68 Å². The van der Waals surface area contributed by atoms with Crippen LogP contribution in [0.1, 0.15) is 42.8 Å². The van der Waals surface area contributed by atoms with E-state index in [9.17, 15) is 4.79 Å². The molecule has 1 aromatic heterocycles. The van der Waals surface area contributed by atoms with Crippen molar-refractivity contribution >= 4 is 17.6 Å². The molecule has 1 N–H and O–H groups in total. The van der Waals surface area contributed by atoms with Gasteiger partial charge in [0, 0.05) is 5.41 Å². The molecule has 0 aliphatic carbocycles. The first-order chi connectivity index (χ1) is 9.20. The molecule has 0 spiro atoms. The van der Waals surface area contributed by atoms with E-state index in [1.54, 1.807) is 6.07 Å². The van der Waals surface area contributed by atoms with E-state index in [0.717, 1.165) is 5.56 Å². The van der Waals surface area contributed by atoms with Crippen LogP contribution in [0.3, 0.4) is 0 Å². The number of carboxylic acid groups (broad SMARTS) is 1. The van der Waals surface area contributed by atoms with Crippen molar-refractivity contribution in [3.8, 4) is 5.69 Å². The van der Waals surface area contributed by atoms with E-state index in [2.05, 4.69) is 10.1 Å². The van der Waals surface area contributed by atoms with Gasteiger partial charge in [-0.25, -0.2) is 14.5 Å². The third-order valence-corrected chi connectivity index (χ3v) is 3.12. The summed E-state index contributed by atoms with van der Waals surface area (Å²) >= 11 is 6.21. The maximum atomic E-state index is 11.1. The summed E-state index contributed by atoms with van der Waals surface area (Å²) in [5.41, 5.74) is 1.29. The molecule has 0 fully saturated rings. The highest BCUT2D eigenvalue weighted by molar-refractivity contribution is 6.32. The lowest BCUT2D eigenvalue weighted by Gasteiger charge is -2.19. The highest BCUT2D eigenvalue weighted by Crippen LogP contribution is 2.27. The van der Waals surface area contributed by atoms with Crippen LogP contribution < -0.4 is 0 Å². The highest BCUT2D eigenvalue weighted by atomic mass is 35.5. The van der Waals surface area contributed by atoms with Crippen LogP contribution in [0.4, 0.5) is 0 Å². The van der Waals surface area contributed by atoms with E-state index >= 15 is 0 Å². The predicted octanol–water partition coefficient (Wildman–Crippen LogP) is 3.22. The predicted molar refractivity (Wildman–Crippen MR) is 76.8 cm³/mol. The summed E-state index contributed by atoms with van der Waals surface area (Å²) in [4.78, 5) is 15.2. The summed E-state index contributed by atoms with van der Waals surface area (Å²) in [7, 11) is 0. The monoisotopic (exact) mass is 293 g/mol. The number of nitrogens with zero attached hydrogens (tertiary/aromatic N) is 3. The third-order valence-electron chi connectivity index (χ3n) is 2.80. The van der Waals surface area contributed by atoms with Gasteiger partial charge in [-0.15, -0.1) is 5.10 Å². The molecule has 0 aliphatic heterocycles. The molecule has 0 saturated carbocycles. The Kier molecular flexibility index (Phi) is 3.56. The van der Waals surface area contributed by atoms with Gasteiger partial charge in [0.15, 0.2) is 0 Å². The molecule has 0 unspecified atom stereocenters. The van der Waals surface area contributed by atoms with E-state index < -0.39 is 5.97 Å². The van der Waals surface area contributed by atoms with Gasteiger partial charge in [-0.05, 0) is 24.6 Å². The van der Waals surface area contributed by atoms with Gasteiger partial charge in [0.25, 0.3) is 5.82 Å². The van der Waals surface area contributed by atoms with Crippen molar-refractivity contribution in [1.82, 2.24) is 14.8 Å². The lowest BCUT2D eigenvalue weighted by molar-refractivity contribution is 0.0683. The Labute approximate surface area is 122 Å². The lowest BCUT2D eigenvalue weighted by atomic mass is 9.95. The molecule has 0 saturated heterocycles. The first-order valence-electron chi connectivity index (χ1n) is 6.17. The fraction of sp³-hybridized carbons (Fsp3) is 0.357. The van der Waals surface area contributed by atoms with E-state index in [-0.39, 0.29) is 11.2 Å². The Bertz CT molecular complexity index is 672. The van der Waals surface area contributed by atoms with E-state index in [0.29, 0.717) is 16.5 Å². The molecular weight excluding hydrogens is 278 g/mol. The SMILES string of the molecule is Cc1ccc(Cl)c(-n2nc(C(=O)O)nc2C(C)(C)C)c1. The van der Waals surface area contributed by atoms with Crippen molar-refractivity contribution in [2.75, 3.05) is 0 Å². The zero-order valence-corrected chi connectivity index (χ0v) is 12.6. The summed E-state index contributed by atoms with van der Waals surface area (Å²) in [6.45, 7) is 7.78. The van der Waals surface area contributed by atoms with Crippen LogP contribution in [0.5, 0.6) is 0 Å². The Morgan fingerprint density at radius 3 is 2.55 bits per heavy atom. The molecule has 1 aromatic carbocycles. The number of aromatic nitrogens is 3. The molecule has 5 nitrogen and oxygen atoms in total. The quantitative estimate of drug-likeness (QED) is 0.923. The molecule has 2 rings (SSSR count). The fourth-order valence-electron chi connectivity index (χ4n) is 1.84. The van der Waals surface area contributed by atoms with E-state index in [4.69, 9.17) is 16.7 Å². The number of carbonyl (C=O) groups is 1. The number of benzene rings is 1. The zero-order valence-electron chi connectivity index (χ0n) is 11.8. The summed E-state index contributed by atoms with van der Waals surface area (Å²) < 4.78 is 1.51. The highest BCUT2D eigenvalue weighted by Gasteiger charge is 2.26. The Morgan fingerprint density at radius 2 is 2.00 bits per heavy atom. The van der Waals surface area contributed by atoms with Gasteiger partial charge in [-0.3, -0.25) is 0 Å². The molecule has 6 heteroatoms. The molecule has 0 aliphatic rings. The number of hydrogen-bond acceptors (Lipinski definition) is 3. The minimum atomic E-state index is -1.15. The molecule has 20 heavy (non-hydrogen) atoms. The molecule has 1 heterocycles. The number of aromatic carboxylic acids is 1. The third kappa shape index (κ3) is 2.67. The summed E-state index contributed by atoms with van der Waals surface area (Å²) in [6.07, 6.45) is 0. The second-order valence-electron chi connectivity index (χ2n) is 5.68. The van der Waals surface area contributed by atoms with Crippen LogP contribution in [-0.2, 0) is 5.41 Å². The number of aryl methyl sites for hydroxylation is 1. The van der Waals surface area contributed by atoms with Gasteiger partial charge in [-0.1, -0.05) is 38.4 Å². The van der Waals surface area contributed by atoms with Crippen LogP contribution in [-0.4, -0.2) is 25.8 Å². The number of carboxylic acids is 1. The van der Waals surface area contributed by atoms with Crippen molar-refractivity contribution in [2.24, 2.45) is 0 Å². The molecule has 0 radical (unpaired) electrons. The summed E-state index contributed by atoms with van der Waals surface area (Å²) in [5.74, 6) is -0.826. The van der Waals surface area contributed by atoms with Crippen molar-refractivity contribution in [3.63, 3.8) is 0 Å². The van der Waals surface area contributed by atoms with Crippen LogP contribution in [0, 0.1) is 6.92 Å². The van der Waals surface area contributed by atoms with Gasteiger partial charge in [0.2, 0.25) is 0 Å². The van der Waals surface area contributed by atoms with Crippen molar-refractivity contribution in [1.29, 1.82) is 0 Å².